The molecule has 0 saturated carbocycles. The fourth-order valence-electron chi connectivity index (χ4n) is 0.886. The number of allylic oxidation sites excluding steroid dienone is 1. The lowest BCUT2D eigenvalue weighted by Crippen LogP contribution is -2.20. The van der Waals surface area contributed by atoms with Crippen LogP contribution >= 0.6 is 0 Å². The molecule has 1 heterocycles. The minimum absolute atomic E-state index is 0.105. The molecule has 2 nitrogen and oxygen atoms in total. The Bertz CT molecular complexity index is 183. The molecule has 0 amide bonds. The third-order valence-electron chi connectivity index (χ3n) is 1.45. The van der Waals surface area contributed by atoms with Crippen molar-refractivity contribution in [2.24, 2.45) is 0 Å². The van der Waals surface area contributed by atoms with Gasteiger partial charge in [-0.1, -0.05) is 0 Å². The van der Waals surface area contributed by atoms with E-state index in [0.29, 0.717) is 18.6 Å². The van der Waals surface area contributed by atoms with Crippen LogP contribution in [0.5, 0.6) is 0 Å². The zero-order chi connectivity index (χ0) is 7.40. The van der Waals surface area contributed by atoms with Crippen molar-refractivity contribution in [3.63, 3.8) is 0 Å². The maximum atomic E-state index is 12.7. The number of rotatable bonds is 0. The average molecular weight is 141 g/mol. The highest BCUT2D eigenvalue weighted by Gasteiger charge is 2.17. The van der Waals surface area contributed by atoms with Crippen LogP contribution in [0.4, 0.5) is 4.39 Å². The summed E-state index contributed by atoms with van der Waals surface area (Å²) in [6.07, 6.45) is 0.760. The van der Waals surface area contributed by atoms with Crippen molar-refractivity contribution < 1.29 is 9.13 Å². The van der Waals surface area contributed by atoms with E-state index in [0.717, 1.165) is 0 Å². The molecule has 0 radical (unpaired) electrons. The monoisotopic (exact) mass is 141 g/mol. The Labute approximate surface area is 58.9 Å². The Morgan fingerprint density at radius 1 is 1.80 bits per heavy atom. The topological polar surface area (TPSA) is 33.0 Å². The first-order chi connectivity index (χ1) is 4.84. The highest BCUT2D eigenvalue weighted by molar-refractivity contribution is 5.18. The smallest absolute Gasteiger partial charge is 0.145 e. The standard InChI is InChI=1S/C7H8FNO/c8-7-5-10-4-2-6(7)1-3-9/h1,7H,2,4-5H2. The predicted octanol–water partition coefficient (Wildman–Crippen LogP) is 1.19. The fraction of sp³-hybridized carbons (Fsp3) is 0.571. The van der Waals surface area contributed by atoms with Crippen molar-refractivity contribution in [1.82, 2.24) is 0 Å². The van der Waals surface area contributed by atoms with Crippen molar-refractivity contribution in [2.75, 3.05) is 13.2 Å². The third kappa shape index (κ3) is 1.55. The molecule has 0 aromatic heterocycles. The minimum atomic E-state index is -1.06. The molecule has 1 saturated heterocycles. The lowest BCUT2D eigenvalue weighted by atomic mass is 10.1. The van der Waals surface area contributed by atoms with Crippen molar-refractivity contribution in [1.29, 1.82) is 5.26 Å². The van der Waals surface area contributed by atoms with E-state index >= 15 is 0 Å². The molecule has 0 aliphatic carbocycles. The molecule has 1 atom stereocenters. The summed E-state index contributed by atoms with van der Waals surface area (Å²) in [5, 5.41) is 8.20. The molecule has 3 heteroatoms. The molecule has 1 aliphatic rings. The van der Waals surface area contributed by atoms with E-state index in [1.165, 1.54) is 6.08 Å². The normalized spacial score (nSPS) is 30.0. The van der Waals surface area contributed by atoms with Gasteiger partial charge in [0.15, 0.2) is 0 Å². The van der Waals surface area contributed by atoms with Gasteiger partial charge in [-0.15, -0.1) is 0 Å². The van der Waals surface area contributed by atoms with Crippen LogP contribution in [0.25, 0.3) is 0 Å². The second-order valence-corrected chi connectivity index (χ2v) is 2.14. The Hall–Kier alpha value is -0.880. The first kappa shape index (κ1) is 7.23. The number of nitrogens with zero attached hydrogens (tertiary/aromatic N) is 1. The molecule has 1 aliphatic heterocycles. The van der Waals surface area contributed by atoms with Crippen LogP contribution in [0.3, 0.4) is 0 Å². The lowest BCUT2D eigenvalue weighted by molar-refractivity contribution is 0.0672. The molecule has 1 fully saturated rings. The number of nitriles is 1. The summed E-state index contributed by atoms with van der Waals surface area (Å²) in [5.74, 6) is 0. The van der Waals surface area contributed by atoms with Gasteiger partial charge in [0.05, 0.1) is 19.3 Å². The molecule has 1 rings (SSSR count). The summed E-state index contributed by atoms with van der Waals surface area (Å²) in [6, 6.07) is 1.81. The highest BCUT2D eigenvalue weighted by Crippen LogP contribution is 2.16. The van der Waals surface area contributed by atoms with Crippen LogP contribution in [0.15, 0.2) is 11.6 Å². The summed E-state index contributed by atoms with van der Waals surface area (Å²) in [5.41, 5.74) is 0.564. The maximum absolute atomic E-state index is 12.7. The second kappa shape index (κ2) is 3.33. The Balaban J connectivity index is 2.58. The second-order valence-electron chi connectivity index (χ2n) is 2.14. The summed E-state index contributed by atoms with van der Waals surface area (Å²) in [6.45, 7) is 0.640. The summed E-state index contributed by atoms with van der Waals surface area (Å²) in [7, 11) is 0. The molecule has 10 heavy (non-hydrogen) atoms. The Morgan fingerprint density at radius 2 is 2.60 bits per heavy atom. The van der Waals surface area contributed by atoms with Crippen LogP contribution in [-0.4, -0.2) is 19.4 Å². The van der Waals surface area contributed by atoms with Gasteiger partial charge in [0, 0.05) is 6.08 Å². The van der Waals surface area contributed by atoms with Crippen molar-refractivity contribution in [3.8, 4) is 6.07 Å². The van der Waals surface area contributed by atoms with E-state index in [4.69, 9.17) is 10.00 Å². The van der Waals surface area contributed by atoms with E-state index < -0.39 is 6.17 Å². The third-order valence-corrected chi connectivity index (χ3v) is 1.45. The number of halogens is 1. The average Bonchev–Trinajstić information content (AvgIpc) is 1.94. The van der Waals surface area contributed by atoms with Gasteiger partial charge in [0.25, 0.3) is 0 Å². The summed E-state index contributed by atoms with van der Waals surface area (Å²) < 4.78 is 17.5. The molecular weight excluding hydrogens is 133 g/mol. The van der Waals surface area contributed by atoms with E-state index in [1.54, 1.807) is 0 Å². The minimum Gasteiger partial charge on any atom is -0.378 e. The maximum Gasteiger partial charge on any atom is 0.145 e. The fourth-order valence-corrected chi connectivity index (χ4v) is 0.886. The van der Waals surface area contributed by atoms with E-state index in [-0.39, 0.29) is 6.61 Å². The number of hydrogen-bond donors (Lipinski definition) is 0. The zero-order valence-electron chi connectivity index (χ0n) is 5.51. The molecule has 54 valence electrons. The SMILES string of the molecule is N#CC=C1CCOCC1F. The summed E-state index contributed by atoms with van der Waals surface area (Å²) in [4.78, 5) is 0. The number of ether oxygens (including phenoxy) is 1. The van der Waals surface area contributed by atoms with Crippen LogP contribution < -0.4 is 0 Å². The first-order valence-electron chi connectivity index (χ1n) is 3.15. The van der Waals surface area contributed by atoms with Gasteiger partial charge >= 0.3 is 0 Å². The van der Waals surface area contributed by atoms with E-state index in [9.17, 15) is 4.39 Å². The van der Waals surface area contributed by atoms with Crippen LogP contribution in [0.2, 0.25) is 0 Å². The van der Waals surface area contributed by atoms with Gasteiger partial charge in [-0.2, -0.15) is 5.26 Å². The van der Waals surface area contributed by atoms with Gasteiger partial charge in [-0.05, 0) is 12.0 Å². The van der Waals surface area contributed by atoms with Crippen LogP contribution in [0, 0.1) is 11.3 Å². The van der Waals surface area contributed by atoms with Gasteiger partial charge in [0.1, 0.15) is 6.17 Å². The van der Waals surface area contributed by atoms with Gasteiger partial charge in [-0.25, -0.2) is 4.39 Å². The molecular formula is C7H8FNO. The number of hydrogen-bond acceptors (Lipinski definition) is 2. The van der Waals surface area contributed by atoms with Gasteiger partial charge in [0.2, 0.25) is 0 Å². The molecule has 0 spiro atoms. The highest BCUT2D eigenvalue weighted by atomic mass is 19.1. The molecule has 0 aromatic rings. The lowest BCUT2D eigenvalue weighted by Gasteiger charge is -2.17. The van der Waals surface area contributed by atoms with Crippen LogP contribution in [0.1, 0.15) is 6.42 Å². The zero-order valence-corrected chi connectivity index (χ0v) is 5.51. The first-order valence-corrected chi connectivity index (χ1v) is 3.15. The molecule has 1 unspecified atom stereocenters. The van der Waals surface area contributed by atoms with E-state index in [1.807, 2.05) is 6.07 Å². The number of alkyl halides is 1. The summed E-state index contributed by atoms with van der Waals surface area (Å²) >= 11 is 0. The molecule has 0 N–H and O–H groups in total. The predicted molar refractivity (Wildman–Crippen MR) is 34.0 cm³/mol. The molecule has 0 bridgehead atoms. The van der Waals surface area contributed by atoms with E-state index in [2.05, 4.69) is 0 Å². The van der Waals surface area contributed by atoms with Gasteiger partial charge in [-0.3, -0.25) is 0 Å². The van der Waals surface area contributed by atoms with Crippen molar-refractivity contribution in [2.45, 2.75) is 12.6 Å². The quantitative estimate of drug-likeness (QED) is 0.475. The van der Waals surface area contributed by atoms with Crippen molar-refractivity contribution in [3.05, 3.63) is 11.6 Å². The van der Waals surface area contributed by atoms with Crippen molar-refractivity contribution >= 4 is 0 Å². The largest absolute Gasteiger partial charge is 0.378 e. The Morgan fingerprint density at radius 3 is 3.20 bits per heavy atom. The molecule has 0 aromatic carbocycles. The van der Waals surface area contributed by atoms with Gasteiger partial charge < -0.3 is 4.74 Å². The Kier molecular flexibility index (Phi) is 2.41. The van der Waals surface area contributed by atoms with Crippen LogP contribution in [-0.2, 0) is 4.74 Å².